The van der Waals surface area contributed by atoms with Crippen LogP contribution in [0.15, 0.2) is 0 Å². The fraction of sp³-hybridized carbons (Fsp3) is 0.800. The Bertz CT molecular complexity index is 284. The summed E-state index contributed by atoms with van der Waals surface area (Å²) in [5.41, 5.74) is 0. The van der Waals surface area contributed by atoms with E-state index in [1.54, 1.807) is 6.92 Å². The third kappa shape index (κ3) is 2.65. The number of halogens is 1. The van der Waals surface area contributed by atoms with E-state index >= 15 is 0 Å². The molecular formula is C10H16ClNO4. The Morgan fingerprint density at radius 2 is 2.38 bits per heavy atom. The summed E-state index contributed by atoms with van der Waals surface area (Å²) in [4.78, 5) is 24.1. The van der Waals surface area contributed by atoms with Crippen LogP contribution in [-0.4, -0.2) is 53.6 Å². The first kappa shape index (κ1) is 13.3. The molecule has 1 aliphatic heterocycles. The van der Waals surface area contributed by atoms with Gasteiger partial charge in [-0.3, -0.25) is 4.79 Å². The number of carbonyl (C=O) groups is 2. The molecule has 0 spiro atoms. The van der Waals surface area contributed by atoms with Crippen molar-refractivity contribution in [2.24, 2.45) is 5.92 Å². The van der Waals surface area contributed by atoms with Gasteiger partial charge in [0, 0.05) is 26.0 Å². The number of carboxylic acid groups (broad SMARTS) is 1. The number of ether oxygens (including phenoxy) is 1. The zero-order valence-corrected chi connectivity index (χ0v) is 10.1. The highest BCUT2D eigenvalue weighted by Crippen LogP contribution is 2.23. The molecule has 3 atom stereocenters. The van der Waals surface area contributed by atoms with Gasteiger partial charge in [0.2, 0.25) is 5.91 Å². The third-order valence-corrected chi connectivity index (χ3v) is 3.30. The fourth-order valence-corrected chi connectivity index (χ4v) is 2.10. The van der Waals surface area contributed by atoms with Crippen LogP contribution < -0.4 is 0 Å². The topological polar surface area (TPSA) is 66.8 Å². The van der Waals surface area contributed by atoms with Crippen molar-refractivity contribution in [3.05, 3.63) is 0 Å². The van der Waals surface area contributed by atoms with Gasteiger partial charge in [0.15, 0.2) is 6.04 Å². The zero-order valence-electron chi connectivity index (χ0n) is 9.35. The number of carbonyl (C=O) groups excluding carboxylic acids is 1. The number of alkyl halides is 1. The summed E-state index contributed by atoms with van der Waals surface area (Å²) in [5.74, 6) is -0.796. The summed E-state index contributed by atoms with van der Waals surface area (Å²) < 4.78 is 5.00. The Balaban J connectivity index is 2.80. The summed E-state index contributed by atoms with van der Waals surface area (Å²) in [6, 6.07) is -0.925. The van der Waals surface area contributed by atoms with E-state index in [0.717, 1.165) is 0 Å². The lowest BCUT2D eigenvalue weighted by Gasteiger charge is -2.28. The molecule has 1 amide bonds. The summed E-state index contributed by atoms with van der Waals surface area (Å²) in [6.45, 7) is 2.03. The van der Waals surface area contributed by atoms with Gasteiger partial charge in [-0.05, 0) is 12.8 Å². The highest BCUT2D eigenvalue weighted by atomic mass is 35.5. The number of likely N-dealkylation sites (tertiary alicyclic amines) is 1. The van der Waals surface area contributed by atoms with Crippen LogP contribution in [0.3, 0.4) is 0 Å². The second-order valence-electron chi connectivity index (χ2n) is 3.99. The van der Waals surface area contributed by atoms with Crippen LogP contribution in [0.5, 0.6) is 0 Å². The summed E-state index contributed by atoms with van der Waals surface area (Å²) >= 11 is 5.68. The Morgan fingerprint density at radius 1 is 1.75 bits per heavy atom. The highest BCUT2D eigenvalue weighted by Gasteiger charge is 2.40. The second kappa shape index (κ2) is 5.50. The van der Waals surface area contributed by atoms with Gasteiger partial charge < -0.3 is 14.7 Å². The maximum atomic E-state index is 11.7. The number of carboxylic acids is 1. The first-order valence-electron chi connectivity index (χ1n) is 5.12. The molecule has 0 aromatic rings. The van der Waals surface area contributed by atoms with Crippen LogP contribution in [0.25, 0.3) is 0 Å². The zero-order chi connectivity index (χ0) is 12.3. The lowest BCUT2D eigenvalue weighted by atomic mass is 10.1. The number of hydrogen-bond acceptors (Lipinski definition) is 3. The largest absolute Gasteiger partial charge is 0.480 e. The van der Waals surface area contributed by atoms with Gasteiger partial charge in [0.25, 0.3) is 0 Å². The van der Waals surface area contributed by atoms with E-state index in [2.05, 4.69) is 0 Å². The molecule has 1 fully saturated rings. The van der Waals surface area contributed by atoms with E-state index in [0.29, 0.717) is 18.8 Å². The Morgan fingerprint density at radius 3 is 2.75 bits per heavy atom. The number of nitrogens with zero attached hydrogens (tertiary/aromatic N) is 1. The van der Waals surface area contributed by atoms with Crippen molar-refractivity contribution in [2.45, 2.75) is 25.5 Å². The second-order valence-corrected chi connectivity index (χ2v) is 4.30. The molecule has 1 heterocycles. The van der Waals surface area contributed by atoms with Crippen LogP contribution in [-0.2, 0) is 14.3 Å². The number of hydrogen-bond donors (Lipinski definition) is 1. The molecule has 1 rings (SSSR count). The molecule has 0 saturated carbocycles. The first-order chi connectivity index (χ1) is 7.51. The van der Waals surface area contributed by atoms with Crippen LogP contribution >= 0.6 is 11.6 Å². The average Bonchev–Trinajstić information content (AvgIpc) is 2.59. The molecular weight excluding hydrogens is 234 g/mol. The van der Waals surface area contributed by atoms with E-state index in [1.807, 2.05) is 0 Å². The van der Waals surface area contributed by atoms with Crippen LogP contribution in [0, 0.1) is 5.92 Å². The quantitative estimate of drug-likeness (QED) is 0.723. The van der Waals surface area contributed by atoms with Crippen LogP contribution in [0.2, 0.25) is 0 Å². The normalized spacial score (nSPS) is 24.6. The van der Waals surface area contributed by atoms with E-state index in [4.69, 9.17) is 21.4 Å². The number of rotatable bonds is 5. The van der Waals surface area contributed by atoms with E-state index in [-0.39, 0.29) is 11.8 Å². The predicted molar refractivity (Wildman–Crippen MR) is 58.4 cm³/mol. The standard InChI is InChI=1S/C10H16ClNO4/c1-6(16-2)9(10(14)15)12-5-7(4-11)3-8(12)13/h6-7,9H,3-5H2,1-2H3,(H,14,15)/t6-,7?,9+/m1/s1. The van der Waals surface area contributed by atoms with Crippen molar-refractivity contribution in [1.29, 1.82) is 0 Å². The lowest BCUT2D eigenvalue weighted by Crippen LogP contribution is -2.49. The third-order valence-electron chi connectivity index (χ3n) is 2.86. The van der Waals surface area contributed by atoms with Gasteiger partial charge >= 0.3 is 5.97 Å². The molecule has 92 valence electrons. The summed E-state index contributed by atoms with van der Waals surface area (Å²) in [5, 5.41) is 9.11. The molecule has 6 heteroatoms. The summed E-state index contributed by atoms with van der Waals surface area (Å²) in [6.07, 6.45) is -0.209. The van der Waals surface area contributed by atoms with Crippen molar-refractivity contribution in [3.63, 3.8) is 0 Å². The minimum Gasteiger partial charge on any atom is -0.480 e. The van der Waals surface area contributed by atoms with Gasteiger partial charge in [-0.1, -0.05) is 0 Å². The fourth-order valence-electron chi connectivity index (χ4n) is 1.90. The number of aliphatic carboxylic acids is 1. The average molecular weight is 250 g/mol. The van der Waals surface area contributed by atoms with Crippen LogP contribution in [0.4, 0.5) is 0 Å². The molecule has 1 N–H and O–H groups in total. The molecule has 0 radical (unpaired) electrons. The molecule has 0 aromatic heterocycles. The van der Waals surface area contributed by atoms with Gasteiger partial charge in [0.1, 0.15) is 0 Å². The molecule has 0 aliphatic carbocycles. The Labute approximate surface area is 99.3 Å². The monoisotopic (exact) mass is 249 g/mol. The van der Waals surface area contributed by atoms with Crippen LogP contribution in [0.1, 0.15) is 13.3 Å². The van der Waals surface area contributed by atoms with E-state index < -0.39 is 18.1 Å². The van der Waals surface area contributed by atoms with Gasteiger partial charge in [-0.25, -0.2) is 4.79 Å². The van der Waals surface area contributed by atoms with Crippen molar-refractivity contribution in [3.8, 4) is 0 Å². The minimum absolute atomic E-state index is 0.0417. The first-order valence-corrected chi connectivity index (χ1v) is 5.65. The highest BCUT2D eigenvalue weighted by molar-refractivity contribution is 6.18. The molecule has 1 aliphatic rings. The Hall–Kier alpha value is -0.810. The predicted octanol–water partition coefficient (Wildman–Crippen LogP) is 0.562. The minimum atomic E-state index is -1.04. The van der Waals surface area contributed by atoms with Crippen molar-refractivity contribution < 1.29 is 19.4 Å². The number of methoxy groups -OCH3 is 1. The number of amides is 1. The molecule has 0 bridgehead atoms. The maximum absolute atomic E-state index is 11.7. The SMILES string of the molecule is CO[C@H](C)[C@@H](C(=O)O)N1CC(CCl)CC1=O. The molecule has 5 nitrogen and oxygen atoms in total. The lowest BCUT2D eigenvalue weighted by molar-refractivity contribution is -0.153. The molecule has 1 saturated heterocycles. The Kier molecular flexibility index (Phi) is 4.56. The molecule has 16 heavy (non-hydrogen) atoms. The molecule has 1 unspecified atom stereocenters. The smallest absolute Gasteiger partial charge is 0.329 e. The van der Waals surface area contributed by atoms with E-state index in [9.17, 15) is 9.59 Å². The van der Waals surface area contributed by atoms with Gasteiger partial charge in [0.05, 0.1) is 6.10 Å². The van der Waals surface area contributed by atoms with Crippen molar-refractivity contribution in [1.82, 2.24) is 4.90 Å². The van der Waals surface area contributed by atoms with Gasteiger partial charge in [-0.2, -0.15) is 0 Å². The maximum Gasteiger partial charge on any atom is 0.329 e. The molecule has 0 aromatic carbocycles. The summed E-state index contributed by atoms with van der Waals surface area (Å²) in [7, 11) is 1.43. The van der Waals surface area contributed by atoms with E-state index in [1.165, 1.54) is 12.0 Å². The van der Waals surface area contributed by atoms with Gasteiger partial charge in [-0.15, -0.1) is 11.6 Å². The van der Waals surface area contributed by atoms with Crippen molar-refractivity contribution >= 4 is 23.5 Å². The van der Waals surface area contributed by atoms with Crippen molar-refractivity contribution in [2.75, 3.05) is 19.5 Å².